The van der Waals surface area contributed by atoms with Crippen LogP contribution >= 0.6 is 11.3 Å². The van der Waals surface area contributed by atoms with Crippen molar-refractivity contribution < 1.29 is 23.6 Å². The fraction of sp³-hybridized carbons (Fsp3) is 0.333. The Kier molecular flexibility index (Phi) is 5.44. The summed E-state index contributed by atoms with van der Waals surface area (Å²) >= 11 is 1.08. The molecule has 0 radical (unpaired) electrons. The summed E-state index contributed by atoms with van der Waals surface area (Å²) in [7, 11) is 0. The molecule has 0 aliphatic carbocycles. The van der Waals surface area contributed by atoms with Crippen LogP contribution in [0.4, 0.5) is 5.13 Å². The number of carbonyl (C=O) groups excluding carboxylic acids is 2. The molecule has 22 heavy (non-hydrogen) atoms. The van der Waals surface area contributed by atoms with E-state index in [1.165, 1.54) is 6.07 Å². The molecular weight excluding hydrogens is 314 g/mol. The van der Waals surface area contributed by atoms with E-state index in [2.05, 4.69) is 15.5 Å². The lowest BCUT2D eigenvalue weighted by atomic mass is 10.4. The van der Waals surface area contributed by atoms with E-state index in [4.69, 9.17) is 14.0 Å². The molecule has 2 rings (SSSR count). The predicted molar refractivity (Wildman–Crippen MR) is 76.5 cm³/mol. The van der Waals surface area contributed by atoms with Crippen molar-refractivity contribution in [1.82, 2.24) is 10.1 Å². The highest BCUT2D eigenvalue weighted by molar-refractivity contribution is 7.14. The van der Waals surface area contributed by atoms with Gasteiger partial charge in [0, 0.05) is 12.0 Å². The minimum atomic E-state index is -1.02. The molecule has 0 fully saturated rings. The number of H-pyrrole nitrogens is 1. The van der Waals surface area contributed by atoms with Crippen LogP contribution in [0.5, 0.6) is 0 Å². The zero-order valence-corrected chi connectivity index (χ0v) is 12.4. The van der Waals surface area contributed by atoms with Gasteiger partial charge in [0.1, 0.15) is 12.3 Å². The van der Waals surface area contributed by atoms with E-state index in [1.807, 2.05) is 0 Å². The van der Waals surface area contributed by atoms with E-state index >= 15 is 0 Å². The molecule has 9 nitrogen and oxygen atoms in total. The lowest BCUT2D eigenvalue weighted by Gasteiger charge is -2.04. The maximum atomic E-state index is 11.6. The molecule has 2 aromatic rings. The molecule has 2 heterocycles. The quantitative estimate of drug-likeness (QED) is 0.452. The van der Waals surface area contributed by atoms with Crippen molar-refractivity contribution >= 4 is 28.3 Å². The van der Waals surface area contributed by atoms with Crippen LogP contribution in [0.1, 0.15) is 6.92 Å². The second-order valence-corrected chi connectivity index (χ2v) is 4.76. The number of amides is 1. The van der Waals surface area contributed by atoms with Crippen molar-refractivity contribution in [2.75, 3.05) is 25.1 Å². The standard InChI is InChI=1S/C12H13N3O6S/c1-2-19-3-4-20-11(18)10(17)14-12-13-7(6-22-12)8-5-9(16)15-21-8/h5-6H,2-4H2,1H3,(H,15,16)(H,13,14,17). The van der Waals surface area contributed by atoms with E-state index < -0.39 is 17.4 Å². The molecule has 2 N–H and O–H groups in total. The average Bonchev–Trinajstić information content (AvgIpc) is 3.12. The highest BCUT2D eigenvalue weighted by Crippen LogP contribution is 2.23. The summed E-state index contributed by atoms with van der Waals surface area (Å²) in [5, 5.41) is 6.19. The van der Waals surface area contributed by atoms with Crippen molar-refractivity contribution in [3.05, 3.63) is 21.8 Å². The molecule has 0 unspecified atom stereocenters. The number of rotatable bonds is 6. The topological polar surface area (TPSA) is 124 Å². The predicted octanol–water partition coefficient (Wildman–Crippen LogP) is 0.610. The molecule has 0 spiro atoms. The van der Waals surface area contributed by atoms with Gasteiger partial charge in [0.15, 0.2) is 10.9 Å². The van der Waals surface area contributed by atoms with Crippen molar-refractivity contribution in [2.45, 2.75) is 6.92 Å². The number of nitrogens with zero attached hydrogens (tertiary/aromatic N) is 1. The SMILES string of the molecule is CCOCCOC(=O)C(=O)Nc1nc(-c2cc(=O)[nH]o2)cs1. The number of nitrogens with one attached hydrogen (secondary N) is 2. The largest absolute Gasteiger partial charge is 0.456 e. The summed E-state index contributed by atoms with van der Waals surface area (Å²) < 4.78 is 14.6. The van der Waals surface area contributed by atoms with Crippen LogP contribution in [0.15, 0.2) is 20.8 Å². The summed E-state index contributed by atoms with van der Waals surface area (Å²) in [6.07, 6.45) is 0. The van der Waals surface area contributed by atoms with E-state index in [0.29, 0.717) is 12.3 Å². The summed E-state index contributed by atoms with van der Waals surface area (Å²) in [6, 6.07) is 1.22. The molecule has 10 heteroatoms. The molecule has 0 aliphatic rings. The van der Waals surface area contributed by atoms with Gasteiger partial charge in [0.2, 0.25) is 0 Å². The summed E-state index contributed by atoms with van der Waals surface area (Å²) in [6.45, 7) is 2.53. The Balaban J connectivity index is 1.88. The number of hydrogen-bond donors (Lipinski definition) is 2. The number of esters is 1. The number of anilines is 1. The number of carbonyl (C=O) groups is 2. The van der Waals surface area contributed by atoms with Crippen molar-refractivity contribution in [3.8, 4) is 11.5 Å². The number of thiazole rings is 1. The van der Waals surface area contributed by atoms with Gasteiger partial charge in [-0.05, 0) is 6.92 Å². The molecule has 1 amide bonds. The minimum Gasteiger partial charge on any atom is -0.456 e. The first-order chi connectivity index (χ1) is 10.6. The maximum absolute atomic E-state index is 11.6. The Bertz CT molecular complexity index is 704. The Morgan fingerprint density at radius 3 is 2.95 bits per heavy atom. The van der Waals surface area contributed by atoms with E-state index in [1.54, 1.807) is 12.3 Å². The monoisotopic (exact) mass is 327 g/mol. The van der Waals surface area contributed by atoms with E-state index in [-0.39, 0.29) is 24.1 Å². The molecule has 0 aromatic carbocycles. The molecule has 0 saturated carbocycles. The van der Waals surface area contributed by atoms with Gasteiger partial charge >= 0.3 is 11.9 Å². The van der Waals surface area contributed by atoms with Gasteiger partial charge in [-0.25, -0.2) is 9.78 Å². The van der Waals surface area contributed by atoms with E-state index in [0.717, 1.165) is 11.3 Å². The minimum absolute atomic E-state index is 0.00226. The highest BCUT2D eigenvalue weighted by atomic mass is 32.1. The van der Waals surface area contributed by atoms with Gasteiger partial charge in [-0.2, -0.15) is 5.16 Å². The number of aromatic amines is 1. The number of aromatic nitrogens is 2. The Morgan fingerprint density at radius 1 is 1.45 bits per heavy atom. The molecule has 0 atom stereocenters. The van der Waals surface area contributed by atoms with Gasteiger partial charge in [-0.1, -0.05) is 0 Å². The van der Waals surface area contributed by atoms with Crippen LogP contribution in [0.25, 0.3) is 11.5 Å². The number of ether oxygens (including phenoxy) is 2. The molecule has 2 aromatic heterocycles. The first-order valence-electron chi connectivity index (χ1n) is 6.30. The summed E-state index contributed by atoms with van der Waals surface area (Å²) in [4.78, 5) is 38.0. The second kappa shape index (κ2) is 7.52. The van der Waals surface area contributed by atoms with Crippen LogP contribution in [0.2, 0.25) is 0 Å². The van der Waals surface area contributed by atoms with Crippen molar-refractivity contribution in [3.63, 3.8) is 0 Å². The average molecular weight is 327 g/mol. The highest BCUT2D eigenvalue weighted by Gasteiger charge is 2.18. The first-order valence-corrected chi connectivity index (χ1v) is 7.18. The van der Waals surface area contributed by atoms with Crippen LogP contribution in [-0.2, 0) is 19.1 Å². The summed E-state index contributed by atoms with van der Waals surface area (Å²) in [5.41, 5.74) is -0.0326. The second-order valence-electron chi connectivity index (χ2n) is 3.90. The molecule has 118 valence electrons. The van der Waals surface area contributed by atoms with Crippen molar-refractivity contribution in [1.29, 1.82) is 0 Å². The van der Waals surface area contributed by atoms with Gasteiger partial charge in [-0.3, -0.25) is 14.9 Å². The lowest BCUT2D eigenvalue weighted by Crippen LogP contribution is -2.26. The van der Waals surface area contributed by atoms with Crippen LogP contribution in [-0.4, -0.2) is 41.8 Å². The molecule has 0 aliphatic heterocycles. The lowest BCUT2D eigenvalue weighted by molar-refractivity contribution is -0.153. The number of hydrogen-bond acceptors (Lipinski definition) is 8. The van der Waals surface area contributed by atoms with E-state index in [9.17, 15) is 14.4 Å². The molecular formula is C12H13N3O6S. The summed E-state index contributed by atoms with van der Waals surface area (Å²) in [5.74, 6) is -1.72. The fourth-order valence-corrected chi connectivity index (χ4v) is 2.10. The Morgan fingerprint density at radius 2 is 2.27 bits per heavy atom. The fourth-order valence-electron chi connectivity index (χ4n) is 1.41. The van der Waals surface area contributed by atoms with Crippen LogP contribution in [0, 0.1) is 0 Å². The zero-order valence-electron chi connectivity index (χ0n) is 11.6. The third-order valence-corrected chi connectivity index (χ3v) is 3.11. The normalized spacial score (nSPS) is 10.4. The third-order valence-electron chi connectivity index (χ3n) is 2.35. The smallest absolute Gasteiger partial charge is 0.397 e. The third kappa shape index (κ3) is 4.27. The van der Waals surface area contributed by atoms with Crippen LogP contribution < -0.4 is 10.9 Å². The molecule has 0 bridgehead atoms. The van der Waals surface area contributed by atoms with Crippen LogP contribution in [0.3, 0.4) is 0 Å². The zero-order chi connectivity index (χ0) is 15.9. The van der Waals surface area contributed by atoms with Crippen molar-refractivity contribution in [2.24, 2.45) is 0 Å². The maximum Gasteiger partial charge on any atom is 0.397 e. The van der Waals surface area contributed by atoms with Gasteiger partial charge in [0.05, 0.1) is 12.7 Å². The first kappa shape index (κ1) is 15.9. The van der Waals surface area contributed by atoms with Gasteiger partial charge in [0.25, 0.3) is 5.56 Å². The molecule has 0 saturated heterocycles. The van der Waals surface area contributed by atoms with Gasteiger partial charge < -0.3 is 14.0 Å². The Labute approximate surface area is 128 Å². The van der Waals surface area contributed by atoms with Gasteiger partial charge in [-0.15, -0.1) is 11.3 Å². The Hall–Kier alpha value is -2.46.